The summed E-state index contributed by atoms with van der Waals surface area (Å²) in [7, 11) is 1.57. The Bertz CT molecular complexity index is 1570. The van der Waals surface area contributed by atoms with Crippen LogP contribution in [0.25, 0.3) is 16.5 Å². The van der Waals surface area contributed by atoms with Crippen LogP contribution >= 0.6 is 0 Å². The zero-order valence-electron chi connectivity index (χ0n) is 20.8. The minimum Gasteiger partial charge on any atom is -0.507 e. The second-order valence-electron chi connectivity index (χ2n) is 9.26. The molecule has 0 saturated carbocycles. The van der Waals surface area contributed by atoms with Gasteiger partial charge < -0.3 is 14.7 Å². The molecule has 1 N–H and O–H groups in total. The number of methoxy groups -OCH3 is 1. The van der Waals surface area contributed by atoms with E-state index in [0.717, 1.165) is 21.9 Å². The van der Waals surface area contributed by atoms with Gasteiger partial charge in [-0.15, -0.1) is 0 Å². The van der Waals surface area contributed by atoms with E-state index in [1.54, 1.807) is 31.4 Å². The monoisotopic (exact) mass is 495 g/mol. The quantitative estimate of drug-likeness (QED) is 0.203. The van der Waals surface area contributed by atoms with E-state index in [0.29, 0.717) is 22.4 Å². The molecule has 0 radical (unpaired) electrons. The van der Waals surface area contributed by atoms with Crippen LogP contribution in [0.3, 0.4) is 0 Å². The number of hydrogen-bond acceptors (Lipinski definition) is 4. The smallest absolute Gasteiger partial charge is 0.295 e. The first-order valence-electron chi connectivity index (χ1n) is 12.0. The number of aliphatic hydroxyl groups excluding tert-OH is 1. The normalized spacial score (nSPS) is 17.0. The number of halogens is 1. The number of hydrogen-bond donors (Lipinski definition) is 1. The maximum absolute atomic E-state index is 13.6. The third-order valence-electron chi connectivity index (χ3n) is 6.92. The highest BCUT2D eigenvalue weighted by atomic mass is 19.1. The molecule has 6 heteroatoms. The van der Waals surface area contributed by atoms with Crippen molar-refractivity contribution in [1.29, 1.82) is 0 Å². The van der Waals surface area contributed by atoms with Crippen molar-refractivity contribution in [3.05, 3.63) is 118 Å². The highest BCUT2D eigenvalue weighted by Gasteiger charge is 2.46. The van der Waals surface area contributed by atoms with E-state index >= 15 is 0 Å². The average molecular weight is 496 g/mol. The standard InChI is InChI=1S/C31H26FNO4/c1-18-16-26(37-3)19(2)15-25(18)29(34)27-28(24-10-6-8-21-7-4-5-9-23(21)24)33(31(36)30(27)35)17-20-11-13-22(32)14-12-20/h4-16,28,34H,17H2,1-3H3/b29-27+. The van der Waals surface area contributed by atoms with Gasteiger partial charge in [-0.3, -0.25) is 9.59 Å². The fraction of sp³-hybridized carbons (Fsp3) is 0.161. The molecule has 1 aliphatic heterocycles. The van der Waals surface area contributed by atoms with Gasteiger partial charge in [0.1, 0.15) is 17.3 Å². The molecule has 1 heterocycles. The third-order valence-corrected chi connectivity index (χ3v) is 6.92. The minimum atomic E-state index is -0.835. The number of ketones is 1. The van der Waals surface area contributed by atoms with Gasteiger partial charge >= 0.3 is 0 Å². The number of carbonyl (C=O) groups is 2. The molecule has 186 valence electrons. The summed E-state index contributed by atoms with van der Waals surface area (Å²) in [6.45, 7) is 3.75. The number of aryl methyl sites for hydroxylation is 2. The zero-order chi connectivity index (χ0) is 26.3. The van der Waals surface area contributed by atoms with Crippen LogP contribution in [0, 0.1) is 19.7 Å². The molecule has 0 spiro atoms. The number of amides is 1. The Morgan fingerprint density at radius 2 is 1.65 bits per heavy atom. The zero-order valence-corrected chi connectivity index (χ0v) is 20.8. The molecule has 37 heavy (non-hydrogen) atoms. The van der Waals surface area contributed by atoms with Crippen molar-refractivity contribution in [1.82, 2.24) is 4.90 Å². The Kier molecular flexibility index (Phi) is 6.25. The predicted molar refractivity (Wildman–Crippen MR) is 141 cm³/mol. The molecular formula is C31H26FNO4. The SMILES string of the molecule is COc1cc(C)c(/C(O)=C2\C(=O)C(=O)N(Cc3ccc(F)cc3)C2c2cccc3ccccc23)cc1C. The molecule has 4 aromatic carbocycles. The lowest BCUT2D eigenvalue weighted by Gasteiger charge is -2.27. The van der Waals surface area contributed by atoms with Gasteiger partial charge in [-0.1, -0.05) is 54.6 Å². The number of benzene rings is 4. The molecule has 1 amide bonds. The Labute approximate surface area is 214 Å². The number of nitrogens with zero attached hydrogens (tertiary/aromatic N) is 1. The molecule has 0 bridgehead atoms. The molecule has 5 nitrogen and oxygen atoms in total. The molecule has 1 aliphatic rings. The van der Waals surface area contributed by atoms with Crippen molar-refractivity contribution < 1.29 is 23.8 Å². The van der Waals surface area contributed by atoms with Crippen molar-refractivity contribution >= 4 is 28.2 Å². The summed E-state index contributed by atoms with van der Waals surface area (Å²) < 4.78 is 19.0. The Morgan fingerprint density at radius 1 is 0.946 bits per heavy atom. The number of carbonyl (C=O) groups excluding carboxylic acids is 2. The largest absolute Gasteiger partial charge is 0.507 e. The van der Waals surface area contributed by atoms with Gasteiger partial charge in [0.15, 0.2) is 0 Å². The highest BCUT2D eigenvalue weighted by molar-refractivity contribution is 6.46. The van der Waals surface area contributed by atoms with E-state index < -0.39 is 17.7 Å². The first-order chi connectivity index (χ1) is 17.8. The van der Waals surface area contributed by atoms with Crippen LogP contribution in [-0.2, 0) is 16.1 Å². The lowest BCUT2D eigenvalue weighted by atomic mass is 9.90. The van der Waals surface area contributed by atoms with Crippen LogP contribution < -0.4 is 4.74 Å². The van der Waals surface area contributed by atoms with E-state index in [1.165, 1.54) is 17.0 Å². The van der Waals surface area contributed by atoms with Crippen LogP contribution in [0.5, 0.6) is 5.75 Å². The predicted octanol–water partition coefficient (Wildman–Crippen LogP) is 6.23. The second kappa shape index (κ2) is 9.54. The molecule has 0 aliphatic carbocycles. The summed E-state index contributed by atoms with van der Waals surface area (Å²) in [5.41, 5.74) is 3.38. The van der Waals surface area contributed by atoms with Gasteiger partial charge in [-0.25, -0.2) is 4.39 Å². The topological polar surface area (TPSA) is 66.8 Å². The Balaban J connectivity index is 1.74. The van der Waals surface area contributed by atoms with Gasteiger partial charge in [0.05, 0.1) is 18.7 Å². The number of Topliss-reactive ketones (excluding diaryl/α,β-unsaturated/α-hetero) is 1. The first-order valence-corrected chi connectivity index (χ1v) is 12.0. The van der Waals surface area contributed by atoms with Crippen molar-refractivity contribution in [2.45, 2.75) is 26.4 Å². The van der Waals surface area contributed by atoms with Gasteiger partial charge in [0.25, 0.3) is 11.7 Å². The van der Waals surface area contributed by atoms with E-state index in [-0.39, 0.29) is 23.7 Å². The number of likely N-dealkylation sites (tertiary alicyclic amines) is 1. The number of fused-ring (bicyclic) bond motifs is 1. The Hall–Kier alpha value is -4.45. The second-order valence-corrected chi connectivity index (χ2v) is 9.26. The minimum absolute atomic E-state index is 0.0242. The lowest BCUT2D eigenvalue weighted by Crippen LogP contribution is -2.29. The number of rotatable bonds is 5. The molecule has 1 atom stereocenters. The van der Waals surface area contributed by atoms with Crippen LogP contribution in [0.15, 0.2) is 84.4 Å². The fourth-order valence-electron chi connectivity index (χ4n) is 5.05. The Morgan fingerprint density at radius 3 is 2.38 bits per heavy atom. The number of ether oxygens (including phenoxy) is 1. The first kappa shape index (κ1) is 24.3. The summed E-state index contributed by atoms with van der Waals surface area (Å²) >= 11 is 0. The third kappa shape index (κ3) is 4.25. The van der Waals surface area contributed by atoms with Gasteiger partial charge in [0.2, 0.25) is 0 Å². The van der Waals surface area contributed by atoms with Crippen molar-refractivity contribution in [2.24, 2.45) is 0 Å². The van der Waals surface area contributed by atoms with Crippen molar-refractivity contribution in [3.8, 4) is 5.75 Å². The molecule has 4 aromatic rings. The summed E-state index contributed by atoms with van der Waals surface area (Å²) in [5, 5.41) is 13.4. The fourth-order valence-corrected chi connectivity index (χ4v) is 5.05. The van der Waals surface area contributed by atoms with Gasteiger partial charge in [-0.05, 0) is 71.1 Å². The summed E-state index contributed by atoms with van der Waals surface area (Å²) in [6.07, 6.45) is 0. The molecule has 0 aromatic heterocycles. The number of aliphatic hydroxyl groups is 1. The average Bonchev–Trinajstić information content (AvgIpc) is 3.15. The van der Waals surface area contributed by atoms with Crippen LogP contribution in [-0.4, -0.2) is 28.8 Å². The summed E-state index contributed by atoms with van der Waals surface area (Å²) in [5.74, 6) is -1.43. The summed E-state index contributed by atoms with van der Waals surface area (Å²) in [6, 6.07) is 22.0. The van der Waals surface area contributed by atoms with E-state index in [4.69, 9.17) is 4.74 Å². The van der Waals surface area contributed by atoms with Gasteiger partial charge in [-0.2, -0.15) is 0 Å². The highest BCUT2D eigenvalue weighted by Crippen LogP contribution is 2.43. The summed E-state index contributed by atoms with van der Waals surface area (Å²) in [4.78, 5) is 28.4. The molecule has 1 fully saturated rings. The molecule has 1 saturated heterocycles. The van der Waals surface area contributed by atoms with E-state index in [1.807, 2.05) is 56.3 Å². The van der Waals surface area contributed by atoms with Crippen molar-refractivity contribution in [3.63, 3.8) is 0 Å². The van der Waals surface area contributed by atoms with Crippen LogP contribution in [0.2, 0.25) is 0 Å². The van der Waals surface area contributed by atoms with Crippen LogP contribution in [0.4, 0.5) is 4.39 Å². The van der Waals surface area contributed by atoms with E-state index in [9.17, 15) is 19.1 Å². The lowest BCUT2D eigenvalue weighted by molar-refractivity contribution is -0.140. The molecular weight excluding hydrogens is 469 g/mol. The van der Waals surface area contributed by atoms with E-state index in [2.05, 4.69) is 0 Å². The van der Waals surface area contributed by atoms with Crippen molar-refractivity contribution in [2.75, 3.05) is 7.11 Å². The maximum atomic E-state index is 13.6. The molecule has 1 unspecified atom stereocenters. The maximum Gasteiger partial charge on any atom is 0.295 e. The van der Waals surface area contributed by atoms with Gasteiger partial charge in [0, 0.05) is 12.1 Å². The van der Waals surface area contributed by atoms with Crippen LogP contribution in [0.1, 0.15) is 33.9 Å². The molecule has 5 rings (SSSR count).